The number of hydrogen-bond donors (Lipinski definition) is 2. The molecule has 0 bridgehead atoms. The molecule has 158 valence electrons. The number of esters is 1. The van der Waals surface area contributed by atoms with Gasteiger partial charge in [-0.1, -0.05) is 18.2 Å². The number of ether oxygens (including phenoxy) is 1. The molecule has 1 fully saturated rings. The molecule has 0 aliphatic carbocycles. The van der Waals surface area contributed by atoms with Crippen LogP contribution in [0.25, 0.3) is 0 Å². The molecular formula is C22H26N4O3S. The van der Waals surface area contributed by atoms with Gasteiger partial charge >= 0.3 is 12.0 Å². The van der Waals surface area contributed by atoms with Crippen LogP contribution in [0.1, 0.15) is 16.5 Å². The molecule has 2 amide bonds. The van der Waals surface area contributed by atoms with Gasteiger partial charge in [-0.25, -0.2) is 9.59 Å². The third kappa shape index (κ3) is 4.34. The van der Waals surface area contributed by atoms with Crippen LogP contribution < -0.4 is 15.5 Å². The van der Waals surface area contributed by atoms with Gasteiger partial charge in [0.2, 0.25) is 0 Å². The van der Waals surface area contributed by atoms with Gasteiger partial charge < -0.3 is 20.3 Å². The van der Waals surface area contributed by atoms with E-state index in [1.54, 1.807) is 0 Å². The fraction of sp³-hybridized carbons (Fsp3) is 0.364. The van der Waals surface area contributed by atoms with E-state index in [0.29, 0.717) is 17.8 Å². The molecule has 2 aliphatic heterocycles. The summed E-state index contributed by atoms with van der Waals surface area (Å²) >= 11 is 1.51. The lowest BCUT2D eigenvalue weighted by Gasteiger charge is -2.38. The van der Waals surface area contributed by atoms with Gasteiger partial charge in [-0.05, 0) is 36.1 Å². The summed E-state index contributed by atoms with van der Waals surface area (Å²) < 4.78 is 5.05. The monoisotopic (exact) mass is 426 g/mol. The molecule has 1 aromatic heterocycles. The number of nitrogens with zero attached hydrogens (tertiary/aromatic N) is 2. The first-order valence-electron chi connectivity index (χ1n) is 10.0. The molecular weight excluding hydrogens is 400 g/mol. The summed E-state index contributed by atoms with van der Waals surface area (Å²) in [5.41, 5.74) is 3.57. The number of amides is 2. The van der Waals surface area contributed by atoms with Gasteiger partial charge in [0.05, 0.1) is 18.7 Å². The number of benzene rings is 1. The highest BCUT2D eigenvalue weighted by molar-refractivity contribution is 7.10. The lowest BCUT2D eigenvalue weighted by Crippen LogP contribution is -2.51. The molecule has 2 N–H and O–H groups in total. The zero-order chi connectivity index (χ0) is 21.1. The van der Waals surface area contributed by atoms with Crippen LogP contribution in [0.4, 0.5) is 10.5 Å². The molecule has 1 saturated heterocycles. The minimum Gasteiger partial charge on any atom is -0.466 e. The summed E-state index contributed by atoms with van der Waals surface area (Å²) in [6.07, 6.45) is 0. The molecule has 8 heteroatoms. The molecule has 1 aromatic carbocycles. The SMILES string of the molecule is COC(=O)C1=C(CN2CCN(c3cccc(C)c3)CC2)NC(=O)N[C@H]1c1cccs1. The van der Waals surface area contributed by atoms with Crippen molar-refractivity contribution in [3.05, 3.63) is 63.5 Å². The van der Waals surface area contributed by atoms with Crippen LogP contribution in [0.3, 0.4) is 0 Å². The molecule has 1 atom stereocenters. The Labute approximate surface area is 180 Å². The van der Waals surface area contributed by atoms with E-state index in [9.17, 15) is 9.59 Å². The predicted molar refractivity (Wildman–Crippen MR) is 118 cm³/mol. The number of urea groups is 1. The lowest BCUT2D eigenvalue weighted by atomic mass is 10.0. The highest BCUT2D eigenvalue weighted by atomic mass is 32.1. The van der Waals surface area contributed by atoms with Gasteiger partial charge in [-0.2, -0.15) is 0 Å². The van der Waals surface area contributed by atoms with Gasteiger partial charge in [-0.3, -0.25) is 4.90 Å². The minimum atomic E-state index is -0.491. The second kappa shape index (κ2) is 8.89. The Morgan fingerprint density at radius 1 is 1.20 bits per heavy atom. The molecule has 0 radical (unpaired) electrons. The van der Waals surface area contributed by atoms with Gasteiger partial charge in [0.1, 0.15) is 0 Å². The summed E-state index contributed by atoms with van der Waals surface area (Å²) in [7, 11) is 1.37. The molecule has 0 unspecified atom stereocenters. The maximum atomic E-state index is 12.6. The first-order valence-corrected chi connectivity index (χ1v) is 10.9. The number of piperazine rings is 1. The van der Waals surface area contributed by atoms with Gasteiger partial charge in [0.15, 0.2) is 0 Å². The quantitative estimate of drug-likeness (QED) is 0.719. The molecule has 30 heavy (non-hydrogen) atoms. The van der Waals surface area contributed by atoms with Crippen LogP contribution >= 0.6 is 11.3 Å². The van der Waals surface area contributed by atoms with Crippen molar-refractivity contribution in [2.75, 3.05) is 44.7 Å². The number of hydrogen-bond acceptors (Lipinski definition) is 6. The zero-order valence-corrected chi connectivity index (χ0v) is 18.0. The Kier molecular flexibility index (Phi) is 6.06. The van der Waals surface area contributed by atoms with E-state index in [0.717, 1.165) is 31.1 Å². The van der Waals surface area contributed by atoms with E-state index in [-0.39, 0.29) is 6.03 Å². The number of aryl methyl sites for hydroxylation is 1. The van der Waals surface area contributed by atoms with Crippen LogP contribution in [0.2, 0.25) is 0 Å². The summed E-state index contributed by atoms with van der Waals surface area (Å²) in [6, 6.07) is 11.6. The second-order valence-corrected chi connectivity index (χ2v) is 8.51. The summed E-state index contributed by atoms with van der Waals surface area (Å²) in [6.45, 7) is 6.08. The number of carbonyl (C=O) groups excluding carboxylic acids is 2. The Morgan fingerprint density at radius 2 is 2.00 bits per heavy atom. The zero-order valence-electron chi connectivity index (χ0n) is 17.2. The number of rotatable bonds is 5. The van der Waals surface area contributed by atoms with Crippen molar-refractivity contribution in [3.63, 3.8) is 0 Å². The Hall–Kier alpha value is -2.84. The van der Waals surface area contributed by atoms with Crippen LogP contribution in [0.5, 0.6) is 0 Å². The maximum Gasteiger partial charge on any atom is 0.338 e. The van der Waals surface area contributed by atoms with Gasteiger partial charge in [0.25, 0.3) is 0 Å². The average molecular weight is 427 g/mol. The number of nitrogens with one attached hydrogen (secondary N) is 2. The van der Waals surface area contributed by atoms with E-state index >= 15 is 0 Å². The van der Waals surface area contributed by atoms with E-state index in [2.05, 4.69) is 51.6 Å². The Morgan fingerprint density at radius 3 is 2.67 bits per heavy atom. The number of carbonyl (C=O) groups is 2. The highest BCUT2D eigenvalue weighted by Crippen LogP contribution is 2.31. The van der Waals surface area contributed by atoms with E-state index in [4.69, 9.17) is 4.74 Å². The van der Waals surface area contributed by atoms with Crippen molar-refractivity contribution in [1.82, 2.24) is 15.5 Å². The molecule has 7 nitrogen and oxygen atoms in total. The Bertz CT molecular complexity index is 949. The second-order valence-electron chi connectivity index (χ2n) is 7.53. The third-order valence-corrected chi connectivity index (χ3v) is 6.44. The largest absolute Gasteiger partial charge is 0.466 e. The first kappa shape index (κ1) is 20.4. The molecule has 0 spiro atoms. The van der Waals surface area contributed by atoms with Crippen molar-refractivity contribution < 1.29 is 14.3 Å². The third-order valence-electron chi connectivity index (χ3n) is 5.51. The summed E-state index contributed by atoms with van der Waals surface area (Å²) in [5.74, 6) is -0.422. The van der Waals surface area contributed by atoms with Crippen molar-refractivity contribution in [1.29, 1.82) is 0 Å². The van der Waals surface area contributed by atoms with Crippen LogP contribution in [-0.4, -0.2) is 56.7 Å². The lowest BCUT2D eigenvalue weighted by molar-refractivity contribution is -0.136. The van der Waals surface area contributed by atoms with Gasteiger partial charge in [-0.15, -0.1) is 11.3 Å². The van der Waals surface area contributed by atoms with E-state index < -0.39 is 12.0 Å². The van der Waals surface area contributed by atoms with Crippen LogP contribution in [0.15, 0.2) is 53.0 Å². The molecule has 3 heterocycles. The molecule has 4 rings (SSSR count). The number of methoxy groups -OCH3 is 1. The van der Waals surface area contributed by atoms with Crippen LogP contribution in [-0.2, 0) is 9.53 Å². The first-order chi connectivity index (χ1) is 14.5. The maximum absolute atomic E-state index is 12.6. The van der Waals surface area contributed by atoms with Crippen LogP contribution in [0, 0.1) is 6.92 Å². The minimum absolute atomic E-state index is 0.297. The molecule has 0 saturated carbocycles. The van der Waals surface area contributed by atoms with Crippen molar-refractivity contribution in [2.45, 2.75) is 13.0 Å². The fourth-order valence-corrected chi connectivity index (χ4v) is 4.76. The summed E-state index contributed by atoms with van der Waals surface area (Å²) in [5, 5.41) is 7.64. The highest BCUT2D eigenvalue weighted by Gasteiger charge is 2.35. The predicted octanol–water partition coefficient (Wildman–Crippen LogP) is 2.66. The van der Waals surface area contributed by atoms with Crippen molar-refractivity contribution >= 4 is 29.0 Å². The van der Waals surface area contributed by atoms with E-state index in [1.165, 1.54) is 29.7 Å². The Balaban J connectivity index is 1.51. The molecule has 2 aliphatic rings. The fourth-order valence-electron chi connectivity index (χ4n) is 3.98. The smallest absolute Gasteiger partial charge is 0.338 e. The average Bonchev–Trinajstić information content (AvgIpc) is 3.28. The van der Waals surface area contributed by atoms with E-state index in [1.807, 2.05) is 17.5 Å². The summed E-state index contributed by atoms with van der Waals surface area (Å²) in [4.78, 5) is 30.5. The van der Waals surface area contributed by atoms with Gasteiger partial charge in [0, 0.05) is 49.0 Å². The number of anilines is 1. The van der Waals surface area contributed by atoms with Crippen molar-refractivity contribution in [3.8, 4) is 0 Å². The van der Waals surface area contributed by atoms with Crippen molar-refractivity contribution in [2.24, 2.45) is 0 Å². The molecule has 2 aromatic rings. The normalized spacial score (nSPS) is 20.0. The number of thiophene rings is 1. The standard InChI is InChI=1S/C22H26N4O3S/c1-15-5-3-6-16(13-15)26-10-8-25(9-11-26)14-17-19(21(27)29-2)20(24-22(28)23-17)18-7-4-12-30-18/h3-7,12-13,20H,8-11,14H2,1-2H3,(H2,23,24,28)/t20-/m0/s1. The topological polar surface area (TPSA) is 73.9 Å².